The third kappa shape index (κ3) is 3.39. The molecule has 0 saturated heterocycles. The van der Waals surface area contributed by atoms with E-state index in [1.807, 2.05) is 0 Å². The molecule has 0 unspecified atom stereocenters. The standard InChI is InChI=1S/C11H26BrO3P/c1-4-16(12,5-2,6-3)10-11(7-13,8-14)9-15/h13-15H,4-10H2,1-3H3. The Hall–Kier alpha value is 0.790. The molecule has 3 nitrogen and oxygen atoms in total. The molecule has 0 rings (SSSR count). The fourth-order valence-electron chi connectivity index (χ4n) is 2.14. The van der Waals surface area contributed by atoms with E-state index < -0.39 is 10.7 Å². The van der Waals surface area contributed by atoms with Gasteiger partial charge in [-0.3, -0.25) is 0 Å². The van der Waals surface area contributed by atoms with Gasteiger partial charge in [-0.25, -0.2) is 0 Å². The van der Waals surface area contributed by atoms with Crippen LogP contribution in [0.25, 0.3) is 0 Å². The molecule has 0 aliphatic carbocycles. The predicted octanol–water partition coefficient (Wildman–Crippen LogP) is 1.87. The molecule has 0 aliphatic rings. The van der Waals surface area contributed by atoms with Crippen molar-refractivity contribution in [1.82, 2.24) is 0 Å². The van der Waals surface area contributed by atoms with Crippen LogP contribution in [-0.4, -0.2) is 59.8 Å². The summed E-state index contributed by atoms with van der Waals surface area (Å²) in [5.41, 5.74) is -0.747. The first-order chi connectivity index (χ1) is 7.37. The summed E-state index contributed by atoms with van der Waals surface area (Å²) in [4.78, 5) is 0. The summed E-state index contributed by atoms with van der Waals surface area (Å²) in [5.74, 6) is 0. The maximum absolute atomic E-state index is 9.42. The molecule has 0 aromatic heterocycles. The zero-order valence-corrected chi connectivity index (χ0v) is 13.1. The van der Waals surface area contributed by atoms with Crippen molar-refractivity contribution < 1.29 is 15.3 Å². The number of aliphatic hydroxyl groups is 3. The molecule has 0 heterocycles. The third-order valence-electron chi connectivity index (χ3n) is 4.11. The van der Waals surface area contributed by atoms with E-state index in [9.17, 15) is 15.3 Å². The number of aliphatic hydroxyl groups excluding tert-OH is 3. The average Bonchev–Trinajstić information content (AvgIpc) is 2.36. The van der Waals surface area contributed by atoms with Crippen molar-refractivity contribution in [1.29, 1.82) is 0 Å². The Balaban J connectivity index is 5.14. The van der Waals surface area contributed by atoms with Gasteiger partial charge in [-0.2, -0.15) is 0 Å². The molecule has 3 N–H and O–H groups in total. The van der Waals surface area contributed by atoms with Crippen LogP contribution in [0, 0.1) is 5.41 Å². The molecule has 0 atom stereocenters. The molecule has 0 aliphatic heterocycles. The molecule has 5 heteroatoms. The van der Waals surface area contributed by atoms with Gasteiger partial charge in [0.25, 0.3) is 0 Å². The average molecular weight is 317 g/mol. The first kappa shape index (κ1) is 16.8. The van der Waals surface area contributed by atoms with Crippen molar-refractivity contribution in [3.8, 4) is 0 Å². The second-order valence-corrected chi connectivity index (χ2v) is 16.8. The van der Waals surface area contributed by atoms with Crippen LogP contribution in [-0.2, 0) is 0 Å². The molecule has 0 aromatic rings. The normalized spacial score (nSPS) is 15.8. The van der Waals surface area contributed by atoms with E-state index in [-0.39, 0.29) is 19.8 Å². The molecular weight excluding hydrogens is 291 g/mol. The van der Waals surface area contributed by atoms with Gasteiger partial charge in [0.15, 0.2) is 0 Å². The van der Waals surface area contributed by atoms with Gasteiger partial charge in [0.1, 0.15) is 0 Å². The topological polar surface area (TPSA) is 60.7 Å². The first-order valence-electron chi connectivity index (χ1n) is 5.92. The maximum atomic E-state index is 9.42. The van der Waals surface area contributed by atoms with Crippen molar-refractivity contribution in [2.75, 3.05) is 44.5 Å². The van der Waals surface area contributed by atoms with Gasteiger partial charge in [0.05, 0.1) is 0 Å². The van der Waals surface area contributed by atoms with Gasteiger partial charge >= 0.3 is 107 Å². The summed E-state index contributed by atoms with van der Waals surface area (Å²) in [6.07, 6.45) is 3.78. The van der Waals surface area contributed by atoms with E-state index >= 15 is 0 Å². The molecule has 16 heavy (non-hydrogen) atoms. The van der Waals surface area contributed by atoms with E-state index in [0.29, 0.717) is 6.16 Å². The van der Waals surface area contributed by atoms with Crippen LogP contribution in [0.2, 0.25) is 0 Å². The summed E-state index contributed by atoms with van der Waals surface area (Å²) < 4.78 is 0. The fraction of sp³-hybridized carbons (Fsp3) is 1.00. The summed E-state index contributed by atoms with van der Waals surface area (Å²) in [5, 5.41) is 26.2. The Labute approximate surface area is 107 Å². The Kier molecular flexibility index (Phi) is 6.40. The number of hydrogen-bond donors (Lipinski definition) is 3. The van der Waals surface area contributed by atoms with Crippen molar-refractivity contribution >= 4 is 20.8 Å². The van der Waals surface area contributed by atoms with Crippen molar-refractivity contribution in [3.63, 3.8) is 0 Å². The van der Waals surface area contributed by atoms with Crippen LogP contribution in [0.1, 0.15) is 20.8 Å². The van der Waals surface area contributed by atoms with Gasteiger partial charge in [0.2, 0.25) is 0 Å². The molecule has 0 fully saturated rings. The summed E-state index contributed by atoms with van der Waals surface area (Å²) >= 11 is 3.95. The third-order valence-corrected chi connectivity index (χ3v) is 15.6. The van der Waals surface area contributed by atoms with Crippen molar-refractivity contribution in [3.05, 3.63) is 0 Å². The zero-order valence-electron chi connectivity index (χ0n) is 10.6. The van der Waals surface area contributed by atoms with Crippen LogP contribution >= 0.6 is 20.8 Å². The van der Waals surface area contributed by atoms with Crippen LogP contribution in [0.4, 0.5) is 0 Å². The Morgan fingerprint density at radius 3 is 1.38 bits per heavy atom. The second kappa shape index (κ2) is 6.10. The van der Waals surface area contributed by atoms with Crippen molar-refractivity contribution in [2.45, 2.75) is 20.8 Å². The Morgan fingerprint density at radius 1 is 0.875 bits per heavy atom. The second-order valence-electron chi connectivity index (χ2n) is 4.90. The molecule has 100 valence electrons. The van der Waals surface area contributed by atoms with Gasteiger partial charge in [-0.05, 0) is 0 Å². The fourth-order valence-corrected chi connectivity index (χ4v) is 7.73. The number of halogens is 1. The molecule has 0 saturated carbocycles. The van der Waals surface area contributed by atoms with Crippen LogP contribution in [0.3, 0.4) is 0 Å². The van der Waals surface area contributed by atoms with Gasteiger partial charge in [-0.1, -0.05) is 0 Å². The Morgan fingerprint density at radius 2 is 1.19 bits per heavy atom. The minimum absolute atomic E-state index is 0.163. The van der Waals surface area contributed by atoms with E-state index in [4.69, 9.17) is 0 Å². The summed E-state index contributed by atoms with van der Waals surface area (Å²) in [7, 11) is 0. The molecule has 0 aromatic carbocycles. The van der Waals surface area contributed by atoms with Crippen LogP contribution < -0.4 is 0 Å². The van der Waals surface area contributed by atoms with Gasteiger partial charge < -0.3 is 0 Å². The van der Waals surface area contributed by atoms with E-state index in [1.54, 1.807) is 0 Å². The van der Waals surface area contributed by atoms with E-state index in [0.717, 1.165) is 18.5 Å². The SMILES string of the molecule is CCP(Br)(CC)(CC)CC(CO)(CO)CO. The van der Waals surface area contributed by atoms with E-state index in [2.05, 4.69) is 36.3 Å². The molecule has 0 radical (unpaired) electrons. The predicted molar refractivity (Wildman–Crippen MR) is 76.0 cm³/mol. The Bertz CT molecular complexity index is 196. The molecular formula is C11H26BrO3P. The van der Waals surface area contributed by atoms with E-state index in [1.165, 1.54) is 0 Å². The minimum atomic E-state index is -2.06. The molecule has 0 bridgehead atoms. The summed E-state index contributed by atoms with van der Waals surface area (Å²) in [6, 6.07) is 0. The van der Waals surface area contributed by atoms with Gasteiger partial charge in [-0.15, -0.1) is 0 Å². The molecule has 0 amide bonds. The van der Waals surface area contributed by atoms with Crippen molar-refractivity contribution in [2.24, 2.45) is 5.41 Å². The number of hydrogen-bond acceptors (Lipinski definition) is 3. The van der Waals surface area contributed by atoms with Crippen LogP contribution in [0.15, 0.2) is 0 Å². The monoisotopic (exact) mass is 316 g/mol. The quantitative estimate of drug-likeness (QED) is 0.599. The summed E-state index contributed by atoms with van der Waals surface area (Å²) in [6.45, 7) is 5.96. The molecule has 0 spiro atoms. The zero-order chi connectivity index (χ0) is 12.9. The number of rotatable bonds is 8. The first-order valence-corrected chi connectivity index (χ1v) is 10.9. The van der Waals surface area contributed by atoms with Crippen LogP contribution in [0.5, 0.6) is 0 Å². The van der Waals surface area contributed by atoms with Gasteiger partial charge in [0, 0.05) is 0 Å².